The maximum Gasteiger partial charge on any atom is 0.337 e. The first-order chi connectivity index (χ1) is 12.6. The lowest BCUT2D eigenvalue weighted by atomic mass is 10.1. The number of carbonyl (C=O) groups is 3. The smallest absolute Gasteiger partial charge is 0.337 e. The molecule has 6 nitrogen and oxygen atoms in total. The van der Waals surface area contributed by atoms with Gasteiger partial charge in [-0.25, -0.2) is 4.79 Å². The molecule has 0 bridgehead atoms. The molecule has 2 aromatic rings. The zero-order valence-electron chi connectivity index (χ0n) is 14.1. The number of methoxy groups -OCH3 is 1. The Morgan fingerprint density at radius 2 is 1.85 bits per heavy atom. The molecule has 1 atom stereocenters. The van der Waals surface area contributed by atoms with Crippen LogP contribution in [0.5, 0.6) is 0 Å². The van der Waals surface area contributed by atoms with E-state index in [1.807, 2.05) is 24.3 Å². The maximum absolute atomic E-state index is 12.1. The SMILES string of the molecule is COC(=O)c1ccc(COC(=O)CC2Sc3ccccc3NC2=O)cc1. The number of para-hydroxylation sites is 1. The molecule has 26 heavy (non-hydrogen) atoms. The summed E-state index contributed by atoms with van der Waals surface area (Å²) < 4.78 is 9.87. The highest BCUT2D eigenvalue weighted by Gasteiger charge is 2.29. The second kappa shape index (κ2) is 8.05. The Morgan fingerprint density at radius 3 is 2.58 bits per heavy atom. The van der Waals surface area contributed by atoms with E-state index < -0.39 is 17.2 Å². The minimum Gasteiger partial charge on any atom is -0.465 e. The molecule has 134 valence electrons. The molecule has 1 aliphatic rings. The topological polar surface area (TPSA) is 81.7 Å². The Bertz CT molecular complexity index is 834. The molecule has 0 spiro atoms. The predicted octanol–water partition coefficient (Wildman–Crippen LogP) is 3.02. The van der Waals surface area contributed by atoms with Gasteiger partial charge in [0.1, 0.15) is 6.61 Å². The van der Waals surface area contributed by atoms with Crippen molar-refractivity contribution in [3.8, 4) is 0 Å². The number of fused-ring (bicyclic) bond motifs is 1. The Labute approximate surface area is 154 Å². The summed E-state index contributed by atoms with van der Waals surface area (Å²) >= 11 is 1.36. The number of amides is 1. The molecule has 0 saturated heterocycles. The molecule has 1 aliphatic heterocycles. The molecule has 1 heterocycles. The quantitative estimate of drug-likeness (QED) is 0.814. The van der Waals surface area contributed by atoms with Gasteiger partial charge in [-0.15, -0.1) is 11.8 Å². The van der Waals surface area contributed by atoms with Crippen LogP contribution in [0, 0.1) is 0 Å². The first-order valence-electron chi connectivity index (χ1n) is 7.96. The molecule has 0 saturated carbocycles. The van der Waals surface area contributed by atoms with Crippen molar-refractivity contribution in [2.24, 2.45) is 0 Å². The van der Waals surface area contributed by atoms with E-state index in [4.69, 9.17) is 4.74 Å². The van der Waals surface area contributed by atoms with Gasteiger partial charge in [-0.05, 0) is 29.8 Å². The van der Waals surface area contributed by atoms with Crippen LogP contribution in [0.2, 0.25) is 0 Å². The van der Waals surface area contributed by atoms with Gasteiger partial charge in [0.2, 0.25) is 5.91 Å². The molecule has 0 aromatic heterocycles. The number of hydrogen-bond donors (Lipinski definition) is 1. The molecule has 7 heteroatoms. The fraction of sp³-hybridized carbons (Fsp3) is 0.211. The summed E-state index contributed by atoms with van der Waals surface area (Å²) in [4.78, 5) is 36.5. The first-order valence-corrected chi connectivity index (χ1v) is 8.84. The van der Waals surface area contributed by atoms with Crippen molar-refractivity contribution in [3.63, 3.8) is 0 Å². The molecular weight excluding hydrogens is 354 g/mol. The lowest BCUT2D eigenvalue weighted by Crippen LogP contribution is -2.31. The van der Waals surface area contributed by atoms with Gasteiger partial charge in [0, 0.05) is 4.90 Å². The van der Waals surface area contributed by atoms with Gasteiger partial charge in [0.15, 0.2) is 0 Å². The van der Waals surface area contributed by atoms with Crippen molar-refractivity contribution in [2.75, 3.05) is 12.4 Å². The van der Waals surface area contributed by atoms with Crippen LogP contribution in [0.1, 0.15) is 22.3 Å². The van der Waals surface area contributed by atoms with Crippen LogP contribution < -0.4 is 5.32 Å². The molecule has 1 amide bonds. The van der Waals surface area contributed by atoms with E-state index in [0.29, 0.717) is 5.56 Å². The highest BCUT2D eigenvalue weighted by Crippen LogP contribution is 2.36. The van der Waals surface area contributed by atoms with Crippen molar-refractivity contribution < 1.29 is 23.9 Å². The highest BCUT2D eigenvalue weighted by atomic mass is 32.2. The third-order valence-electron chi connectivity index (χ3n) is 3.83. The largest absolute Gasteiger partial charge is 0.465 e. The number of rotatable bonds is 5. The van der Waals surface area contributed by atoms with E-state index in [0.717, 1.165) is 16.1 Å². The van der Waals surface area contributed by atoms with Crippen molar-refractivity contribution >= 4 is 35.3 Å². The minimum absolute atomic E-state index is 0.00885. The molecule has 1 unspecified atom stereocenters. The molecule has 1 N–H and O–H groups in total. The van der Waals surface area contributed by atoms with E-state index >= 15 is 0 Å². The maximum atomic E-state index is 12.1. The number of ether oxygens (including phenoxy) is 2. The van der Waals surface area contributed by atoms with Crippen molar-refractivity contribution in [1.82, 2.24) is 0 Å². The molecular formula is C19H17NO5S. The van der Waals surface area contributed by atoms with Crippen molar-refractivity contribution in [1.29, 1.82) is 0 Å². The Hall–Kier alpha value is -2.80. The summed E-state index contributed by atoms with van der Waals surface area (Å²) in [5, 5.41) is 2.29. The molecule has 0 aliphatic carbocycles. The highest BCUT2D eigenvalue weighted by molar-refractivity contribution is 8.01. The van der Waals surface area contributed by atoms with Crippen LogP contribution in [-0.4, -0.2) is 30.2 Å². The average Bonchev–Trinajstić information content (AvgIpc) is 2.66. The monoisotopic (exact) mass is 371 g/mol. The minimum atomic E-state index is -0.515. The second-order valence-corrected chi connectivity index (χ2v) is 6.89. The van der Waals surface area contributed by atoms with Gasteiger partial charge in [0.25, 0.3) is 0 Å². The molecule has 2 aromatic carbocycles. The zero-order chi connectivity index (χ0) is 18.5. The Kier molecular flexibility index (Phi) is 5.58. The van der Waals surface area contributed by atoms with E-state index in [1.54, 1.807) is 24.3 Å². The van der Waals surface area contributed by atoms with Crippen LogP contribution in [0.25, 0.3) is 0 Å². The third-order valence-corrected chi connectivity index (χ3v) is 5.11. The molecule has 0 fully saturated rings. The number of esters is 2. The van der Waals surface area contributed by atoms with Crippen molar-refractivity contribution in [3.05, 3.63) is 59.7 Å². The molecule has 0 radical (unpaired) electrons. The van der Waals surface area contributed by atoms with Crippen LogP contribution in [0.3, 0.4) is 0 Å². The first kappa shape index (κ1) is 18.0. The zero-order valence-corrected chi connectivity index (χ0v) is 14.9. The van der Waals surface area contributed by atoms with Gasteiger partial charge in [-0.1, -0.05) is 24.3 Å². The van der Waals surface area contributed by atoms with Crippen LogP contribution >= 0.6 is 11.8 Å². The number of thioether (sulfide) groups is 1. The fourth-order valence-electron chi connectivity index (χ4n) is 2.46. The Balaban J connectivity index is 1.53. The Morgan fingerprint density at radius 1 is 1.12 bits per heavy atom. The second-order valence-electron chi connectivity index (χ2n) is 5.65. The summed E-state index contributed by atoms with van der Waals surface area (Å²) in [6, 6.07) is 14.1. The van der Waals surface area contributed by atoms with Gasteiger partial charge in [-0.3, -0.25) is 9.59 Å². The van der Waals surface area contributed by atoms with E-state index in [2.05, 4.69) is 10.1 Å². The van der Waals surface area contributed by atoms with E-state index in [-0.39, 0.29) is 18.9 Å². The fourth-order valence-corrected chi connectivity index (χ4v) is 3.55. The number of hydrogen-bond acceptors (Lipinski definition) is 6. The van der Waals surface area contributed by atoms with E-state index in [1.165, 1.54) is 18.9 Å². The van der Waals surface area contributed by atoms with E-state index in [9.17, 15) is 14.4 Å². The number of carbonyl (C=O) groups excluding carboxylic acids is 3. The lowest BCUT2D eigenvalue weighted by molar-refractivity contribution is -0.145. The predicted molar refractivity (Wildman–Crippen MR) is 96.9 cm³/mol. The normalized spacial score (nSPS) is 15.6. The molecule has 3 rings (SSSR count). The summed E-state index contributed by atoms with van der Waals surface area (Å²) in [5.41, 5.74) is 1.94. The van der Waals surface area contributed by atoms with Gasteiger partial charge in [-0.2, -0.15) is 0 Å². The van der Waals surface area contributed by atoms with Crippen molar-refractivity contribution in [2.45, 2.75) is 23.2 Å². The summed E-state index contributed by atoms with van der Waals surface area (Å²) in [7, 11) is 1.32. The van der Waals surface area contributed by atoms with Gasteiger partial charge in [0.05, 0.1) is 30.0 Å². The van der Waals surface area contributed by atoms with Crippen LogP contribution in [-0.2, 0) is 25.7 Å². The van der Waals surface area contributed by atoms with Crippen LogP contribution in [0.15, 0.2) is 53.4 Å². The third kappa shape index (κ3) is 4.23. The standard InChI is InChI=1S/C19H17NO5S/c1-24-19(23)13-8-6-12(7-9-13)11-25-17(21)10-16-18(22)20-14-4-2-3-5-15(14)26-16/h2-9,16H,10-11H2,1H3,(H,20,22). The number of nitrogens with one attached hydrogen (secondary N) is 1. The lowest BCUT2D eigenvalue weighted by Gasteiger charge is -2.23. The van der Waals surface area contributed by atoms with Gasteiger partial charge < -0.3 is 14.8 Å². The average molecular weight is 371 g/mol. The summed E-state index contributed by atoms with van der Waals surface area (Å²) in [6.07, 6.45) is -0.00885. The number of anilines is 1. The summed E-state index contributed by atoms with van der Waals surface area (Å²) in [5.74, 6) is -1.07. The van der Waals surface area contributed by atoms with Crippen LogP contribution in [0.4, 0.5) is 5.69 Å². The van der Waals surface area contributed by atoms with Gasteiger partial charge >= 0.3 is 11.9 Å². The summed E-state index contributed by atoms with van der Waals surface area (Å²) in [6.45, 7) is 0.0792. The number of benzene rings is 2.